The van der Waals surface area contributed by atoms with Gasteiger partial charge in [0.05, 0.1) is 12.2 Å². The second-order valence-corrected chi connectivity index (χ2v) is 8.82. The smallest absolute Gasteiger partial charge is 0.229 e. The molecule has 1 saturated carbocycles. The van der Waals surface area contributed by atoms with Gasteiger partial charge in [0.25, 0.3) is 0 Å². The fourth-order valence-electron chi connectivity index (χ4n) is 4.45. The fraction of sp³-hybridized carbons (Fsp3) is 0.524. The van der Waals surface area contributed by atoms with Crippen molar-refractivity contribution >= 4 is 11.6 Å². The highest BCUT2D eigenvalue weighted by atomic mass is 35.5. The molecule has 3 aromatic rings. The van der Waals surface area contributed by atoms with Crippen molar-refractivity contribution in [1.82, 2.24) is 30.2 Å². The molecule has 1 aliphatic carbocycles. The number of benzene rings is 1. The second kappa shape index (κ2) is 7.54. The highest BCUT2D eigenvalue weighted by molar-refractivity contribution is 6.30. The lowest BCUT2D eigenvalue weighted by Crippen LogP contribution is -2.17. The molecule has 0 atom stereocenters. The van der Waals surface area contributed by atoms with E-state index in [4.69, 9.17) is 16.1 Å². The number of nitrogens with zero attached hydrogens (tertiary/aromatic N) is 5. The van der Waals surface area contributed by atoms with Crippen LogP contribution in [-0.4, -0.2) is 24.9 Å². The molecule has 29 heavy (non-hydrogen) atoms. The summed E-state index contributed by atoms with van der Waals surface area (Å²) >= 11 is 6.23. The number of hydrogen-bond donors (Lipinski definition) is 1. The van der Waals surface area contributed by atoms with Gasteiger partial charge in [0.1, 0.15) is 5.82 Å². The molecular formula is C21H25ClN6O. The lowest BCUT2D eigenvalue weighted by Gasteiger charge is -2.26. The van der Waals surface area contributed by atoms with Crippen molar-refractivity contribution in [2.45, 2.75) is 70.4 Å². The Labute approximate surface area is 174 Å². The molecule has 2 aromatic heterocycles. The molecule has 0 spiro atoms. The standard InChI is InChI=1S/C21H25ClN6O/c1-12(2)21-24-19(27-29-21)13-3-5-14(6-4-13)20-26-25-18-11-23-10-15-9-16(22)7-8-17(15)28(18)20/h7-9,12-14,23H,3-6,10-11H2,1-2H3/t13-,14-. The summed E-state index contributed by atoms with van der Waals surface area (Å²) in [4.78, 5) is 4.61. The molecule has 0 bridgehead atoms. The molecule has 0 saturated heterocycles. The van der Waals surface area contributed by atoms with Crippen LogP contribution in [0.2, 0.25) is 5.02 Å². The van der Waals surface area contributed by atoms with Gasteiger partial charge in [-0.25, -0.2) is 0 Å². The summed E-state index contributed by atoms with van der Waals surface area (Å²) < 4.78 is 7.65. The first-order valence-corrected chi connectivity index (χ1v) is 10.7. The first-order valence-electron chi connectivity index (χ1n) is 10.4. The van der Waals surface area contributed by atoms with Gasteiger partial charge in [-0.15, -0.1) is 10.2 Å². The number of halogens is 1. The van der Waals surface area contributed by atoms with Crippen LogP contribution in [0.15, 0.2) is 22.7 Å². The van der Waals surface area contributed by atoms with Gasteiger partial charge in [-0.2, -0.15) is 4.98 Å². The van der Waals surface area contributed by atoms with E-state index in [0.29, 0.717) is 18.4 Å². The predicted molar refractivity (Wildman–Crippen MR) is 109 cm³/mol. The van der Waals surface area contributed by atoms with Crippen LogP contribution in [0.1, 0.15) is 86.2 Å². The highest BCUT2D eigenvalue weighted by Crippen LogP contribution is 2.40. The second-order valence-electron chi connectivity index (χ2n) is 8.38. The topological polar surface area (TPSA) is 81.7 Å². The van der Waals surface area contributed by atoms with Crippen LogP contribution < -0.4 is 5.32 Å². The van der Waals surface area contributed by atoms with E-state index in [1.807, 2.05) is 12.1 Å². The van der Waals surface area contributed by atoms with Crippen LogP contribution >= 0.6 is 11.6 Å². The molecule has 3 heterocycles. The number of nitrogens with one attached hydrogen (secondary N) is 1. The summed E-state index contributed by atoms with van der Waals surface area (Å²) in [6, 6.07) is 6.06. The van der Waals surface area contributed by atoms with Crippen molar-refractivity contribution in [1.29, 1.82) is 0 Å². The molecule has 7 nitrogen and oxygen atoms in total. The zero-order chi connectivity index (χ0) is 20.0. The molecule has 1 N–H and O–H groups in total. The van der Waals surface area contributed by atoms with Gasteiger partial charge in [-0.05, 0) is 49.4 Å². The Morgan fingerprint density at radius 3 is 2.66 bits per heavy atom. The van der Waals surface area contributed by atoms with Crippen LogP contribution in [-0.2, 0) is 13.1 Å². The summed E-state index contributed by atoms with van der Waals surface area (Å²) in [6.07, 6.45) is 4.17. The summed E-state index contributed by atoms with van der Waals surface area (Å²) in [5, 5.41) is 17.5. The van der Waals surface area contributed by atoms with Gasteiger partial charge in [-0.1, -0.05) is 30.6 Å². The minimum absolute atomic E-state index is 0.265. The highest BCUT2D eigenvalue weighted by Gasteiger charge is 2.31. The third-order valence-electron chi connectivity index (χ3n) is 6.04. The van der Waals surface area contributed by atoms with Gasteiger partial charge < -0.3 is 9.84 Å². The Bertz CT molecular complexity index is 1020. The average Bonchev–Trinajstić information content (AvgIpc) is 3.33. The minimum atomic E-state index is 0.265. The molecule has 8 heteroatoms. The Balaban J connectivity index is 1.39. The molecule has 0 radical (unpaired) electrons. The lowest BCUT2D eigenvalue weighted by atomic mass is 9.81. The van der Waals surface area contributed by atoms with Crippen molar-refractivity contribution in [2.24, 2.45) is 0 Å². The summed E-state index contributed by atoms with van der Waals surface area (Å²) in [7, 11) is 0. The fourth-order valence-corrected chi connectivity index (χ4v) is 4.65. The van der Waals surface area contributed by atoms with E-state index in [1.165, 1.54) is 5.56 Å². The van der Waals surface area contributed by atoms with E-state index in [2.05, 4.69) is 50.1 Å². The van der Waals surface area contributed by atoms with Crippen LogP contribution in [0, 0.1) is 0 Å². The van der Waals surface area contributed by atoms with Crippen LogP contribution in [0.25, 0.3) is 5.69 Å². The molecule has 1 aliphatic heterocycles. The van der Waals surface area contributed by atoms with Crippen molar-refractivity contribution in [3.63, 3.8) is 0 Å². The summed E-state index contributed by atoms with van der Waals surface area (Å²) in [6.45, 7) is 5.63. The maximum absolute atomic E-state index is 6.23. The normalized spacial score (nSPS) is 21.7. The monoisotopic (exact) mass is 412 g/mol. The van der Waals surface area contributed by atoms with Crippen molar-refractivity contribution in [3.8, 4) is 5.69 Å². The van der Waals surface area contributed by atoms with Crippen molar-refractivity contribution in [2.75, 3.05) is 0 Å². The maximum atomic E-state index is 6.23. The van der Waals surface area contributed by atoms with Crippen LogP contribution in [0.5, 0.6) is 0 Å². The summed E-state index contributed by atoms with van der Waals surface area (Å²) in [5.41, 5.74) is 2.32. The Kier molecular flexibility index (Phi) is 4.87. The molecule has 152 valence electrons. The zero-order valence-electron chi connectivity index (χ0n) is 16.7. The van der Waals surface area contributed by atoms with E-state index < -0.39 is 0 Å². The van der Waals surface area contributed by atoms with E-state index >= 15 is 0 Å². The zero-order valence-corrected chi connectivity index (χ0v) is 17.5. The van der Waals surface area contributed by atoms with Gasteiger partial charge in [0.15, 0.2) is 11.6 Å². The first kappa shape index (κ1) is 18.8. The van der Waals surface area contributed by atoms with Crippen LogP contribution in [0.3, 0.4) is 0 Å². The summed E-state index contributed by atoms with van der Waals surface area (Å²) in [5.74, 6) is 4.61. The molecule has 2 aliphatic rings. The lowest BCUT2D eigenvalue weighted by molar-refractivity contribution is 0.338. The van der Waals surface area contributed by atoms with E-state index in [1.54, 1.807) is 0 Å². The number of hydrogen-bond acceptors (Lipinski definition) is 6. The van der Waals surface area contributed by atoms with Gasteiger partial charge in [-0.3, -0.25) is 4.57 Å². The molecule has 0 unspecified atom stereocenters. The first-order chi connectivity index (χ1) is 14.1. The quantitative estimate of drug-likeness (QED) is 0.683. The van der Waals surface area contributed by atoms with Gasteiger partial charge in [0, 0.05) is 29.3 Å². The largest absolute Gasteiger partial charge is 0.339 e. The Morgan fingerprint density at radius 2 is 1.90 bits per heavy atom. The van der Waals surface area contributed by atoms with E-state index in [9.17, 15) is 0 Å². The predicted octanol–water partition coefficient (Wildman–Crippen LogP) is 4.47. The van der Waals surface area contributed by atoms with E-state index in [0.717, 1.165) is 66.3 Å². The van der Waals surface area contributed by atoms with Gasteiger partial charge >= 0.3 is 0 Å². The Morgan fingerprint density at radius 1 is 1.10 bits per heavy atom. The SMILES string of the molecule is CC(C)c1nc([C@H]2CC[C@H](c3nnc4n3-c3ccc(Cl)cc3CNC4)CC2)no1. The molecule has 0 amide bonds. The Hall–Kier alpha value is -2.25. The number of aromatic nitrogens is 5. The number of fused-ring (bicyclic) bond motifs is 3. The number of rotatable bonds is 3. The molecule has 1 aromatic carbocycles. The van der Waals surface area contributed by atoms with Gasteiger partial charge in [0.2, 0.25) is 5.89 Å². The third kappa shape index (κ3) is 3.46. The molecular weight excluding hydrogens is 388 g/mol. The third-order valence-corrected chi connectivity index (χ3v) is 6.28. The van der Waals surface area contributed by atoms with E-state index in [-0.39, 0.29) is 5.92 Å². The average molecular weight is 413 g/mol. The minimum Gasteiger partial charge on any atom is -0.339 e. The molecule has 5 rings (SSSR count). The van der Waals surface area contributed by atoms with Crippen molar-refractivity contribution in [3.05, 3.63) is 52.1 Å². The maximum Gasteiger partial charge on any atom is 0.229 e. The van der Waals surface area contributed by atoms with Crippen LogP contribution in [0.4, 0.5) is 0 Å². The van der Waals surface area contributed by atoms with Crippen molar-refractivity contribution < 1.29 is 4.52 Å². The molecule has 1 fully saturated rings.